The average Bonchev–Trinajstić information content (AvgIpc) is 3.46. The third kappa shape index (κ3) is 5.37. The molecule has 1 aromatic carbocycles. The second kappa shape index (κ2) is 11.4. The Morgan fingerprint density at radius 1 is 1.28 bits per heavy atom. The molecule has 0 spiro atoms. The van der Waals surface area contributed by atoms with Crippen molar-refractivity contribution in [1.82, 2.24) is 4.90 Å². The number of phenolic OH excluding ortho intramolecular Hbond substituents is 1. The number of halogens is 1. The van der Waals surface area contributed by atoms with E-state index < -0.39 is 23.9 Å². The molecule has 2 aliphatic rings. The lowest BCUT2D eigenvalue weighted by molar-refractivity contribution is -0.140. The lowest BCUT2D eigenvalue weighted by Crippen LogP contribution is -2.39. The highest BCUT2D eigenvalue weighted by Crippen LogP contribution is 2.47. The summed E-state index contributed by atoms with van der Waals surface area (Å²) >= 11 is 4.92. The van der Waals surface area contributed by atoms with Gasteiger partial charge in [-0.3, -0.25) is 14.5 Å². The van der Waals surface area contributed by atoms with Crippen LogP contribution in [-0.4, -0.2) is 44.7 Å². The Bertz CT molecular complexity index is 1190. The Hall–Kier alpha value is -2.26. The van der Waals surface area contributed by atoms with Crippen LogP contribution in [0.5, 0.6) is 5.75 Å². The van der Waals surface area contributed by atoms with Crippen LogP contribution in [0.4, 0.5) is 0 Å². The SMILES string of the molecule is CCC1=C([C@H](O)CC/C(C)=C/c2cc(Br)ccc2O)[C@H](CO)[C@@H]2C(=O)N(Cc3cccs3)C(=O)[C@@H]2C1. The van der Waals surface area contributed by atoms with Crippen LogP contribution in [0.3, 0.4) is 0 Å². The quantitative estimate of drug-likeness (QED) is 0.280. The van der Waals surface area contributed by atoms with Crippen molar-refractivity contribution >= 4 is 45.2 Å². The summed E-state index contributed by atoms with van der Waals surface area (Å²) in [7, 11) is 0. The number of aromatic hydroxyl groups is 1. The highest BCUT2D eigenvalue weighted by molar-refractivity contribution is 9.10. The van der Waals surface area contributed by atoms with E-state index in [0.29, 0.717) is 31.2 Å². The molecule has 2 aromatic rings. The molecule has 1 aliphatic carbocycles. The number of carbonyl (C=O) groups excluding carboxylic acids is 2. The van der Waals surface area contributed by atoms with Crippen molar-refractivity contribution in [1.29, 1.82) is 0 Å². The third-order valence-corrected chi connectivity index (χ3v) is 8.71. The molecule has 1 aliphatic heterocycles. The lowest BCUT2D eigenvalue weighted by atomic mass is 9.67. The molecular formula is C28H32BrNO5S. The molecule has 192 valence electrons. The van der Waals surface area contributed by atoms with Gasteiger partial charge in [0.25, 0.3) is 0 Å². The molecule has 0 unspecified atom stereocenters. The van der Waals surface area contributed by atoms with E-state index in [0.717, 1.165) is 26.1 Å². The number of thiophene rings is 1. The summed E-state index contributed by atoms with van der Waals surface area (Å²) in [5.41, 5.74) is 3.37. The number of amides is 2. The van der Waals surface area contributed by atoms with E-state index in [2.05, 4.69) is 15.9 Å². The van der Waals surface area contributed by atoms with Crippen LogP contribution in [-0.2, 0) is 16.1 Å². The van der Waals surface area contributed by atoms with Crippen LogP contribution in [0.25, 0.3) is 6.08 Å². The number of allylic oxidation sites excluding steroid dienone is 2. The predicted octanol–water partition coefficient (Wildman–Crippen LogP) is 5.28. The first-order chi connectivity index (χ1) is 17.2. The maximum Gasteiger partial charge on any atom is 0.234 e. The van der Waals surface area contributed by atoms with Crippen molar-refractivity contribution in [2.75, 3.05) is 6.61 Å². The molecule has 4 atom stereocenters. The number of hydrogen-bond acceptors (Lipinski definition) is 6. The lowest BCUT2D eigenvalue weighted by Gasteiger charge is -2.36. The fourth-order valence-electron chi connectivity index (χ4n) is 5.58. The number of fused-ring (bicyclic) bond motifs is 1. The van der Waals surface area contributed by atoms with Gasteiger partial charge in [0.2, 0.25) is 11.8 Å². The molecule has 6 nitrogen and oxygen atoms in total. The summed E-state index contributed by atoms with van der Waals surface area (Å²) in [5, 5.41) is 33.7. The first-order valence-electron chi connectivity index (χ1n) is 12.3. The van der Waals surface area contributed by atoms with E-state index in [1.807, 2.05) is 43.5 Å². The smallest absolute Gasteiger partial charge is 0.234 e. The Morgan fingerprint density at radius 3 is 2.72 bits per heavy atom. The van der Waals surface area contributed by atoms with E-state index in [-0.39, 0.29) is 30.7 Å². The molecule has 4 rings (SSSR count). The van der Waals surface area contributed by atoms with Crippen LogP contribution in [0.1, 0.15) is 50.0 Å². The van der Waals surface area contributed by atoms with Crippen molar-refractivity contribution in [3.63, 3.8) is 0 Å². The first-order valence-corrected chi connectivity index (χ1v) is 14.0. The van der Waals surface area contributed by atoms with E-state index in [1.165, 1.54) is 16.2 Å². The molecule has 1 fully saturated rings. The van der Waals surface area contributed by atoms with Crippen LogP contribution in [0, 0.1) is 17.8 Å². The number of phenols is 1. The molecule has 1 aromatic heterocycles. The minimum atomic E-state index is -0.827. The van der Waals surface area contributed by atoms with Gasteiger partial charge < -0.3 is 15.3 Å². The normalized spacial score (nSPS) is 23.4. The minimum Gasteiger partial charge on any atom is -0.507 e. The summed E-state index contributed by atoms with van der Waals surface area (Å²) in [4.78, 5) is 28.9. The Balaban J connectivity index is 1.53. The summed E-state index contributed by atoms with van der Waals surface area (Å²) in [6, 6.07) is 9.04. The summed E-state index contributed by atoms with van der Waals surface area (Å²) in [6.07, 6.45) is 3.16. The van der Waals surface area contributed by atoms with Gasteiger partial charge in [-0.15, -0.1) is 11.3 Å². The zero-order valence-electron chi connectivity index (χ0n) is 20.5. The summed E-state index contributed by atoms with van der Waals surface area (Å²) in [5.74, 6) is -1.94. The minimum absolute atomic E-state index is 0.177. The number of aliphatic hydroxyl groups is 2. The van der Waals surface area contributed by atoms with Crippen molar-refractivity contribution < 1.29 is 24.9 Å². The van der Waals surface area contributed by atoms with Crippen molar-refractivity contribution in [3.8, 4) is 5.75 Å². The number of rotatable bonds is 9. The van der Waals surface area contributed by atoms with Gasteiger partial charge in [0.1, 0.15) is 5.75 Å². The molecule has 0 bridgehead atoms. The zero-order chi connectivity index (χ0) is 26.0. The standard InChI is InChI=1S/C28H32BrNO5S/c1-3-17-13-21-26(28(35)30(27(21)34)14-20-5-4-10-36-20)22(15-31)25(17)24(33)8-6-16(2)11-18-12-19(29)7-9-23(18)32/h4-5,7,9-12,21-22,24,26,31-33H,3,6,8,13-15H2,1-2H3/b16-11+/t21-,22+,24-,26-/m1/s1. The maximum absolute atomic E-state index is 13.4. The van der Waals surface area contributed by atoms with Crippen LogP contribution >= 0.6 is 27.3 Å². The van der Waals surface area contributed by atoms with Gasteiger partial charge >= 0.3 is 0 Å². The van der Waals surface area contributed by atoms with Gasteiger partial charge in [0.15, 0.2) is 0 Å². The summed E-state index contributed by atoms with van der Waals surface area (Å²) in [6.45, 7) is 3.91. The number of hydrogen-bond donors (Lipinski definition) is 3. The van der Waals surface area contributed by atoms with Crippen molar-refractivity contribution in [2.24, 2.45) is 17.8 Å². The van der Waals surface area contributed by atoms with Crippen LogP contribution in [0.15, 0.2) is 56.9 Å². The topological polar surface area (TPSA) is 98.1 Å². The average molecular weight is 575 g/mol. The number of likely N-dealkylation sites (tertiary alicyclic amines) is 1. The second-order valence-corrected chi connectivity index (χ2v) is 11.6. The zero-order valence-corrected chi connectivity index (χ0v) is 22.9. The van der Waals surface area contributed by atoms with Crippen molar-refractivity contribution in [2.45, 2.75) is 52.2 Å². The van der Waals surface area contributed by atoms with Crippen LogP contribution < -0.4 is 0 Å². The molecule has 8 heteroatoms. The highest BCUT2D eigenvalue weighted by Gasteiger charge is 2.54. The predicted molar refractivity (Wildman–Crippen MR) is 144 cm³/mol. The largest absolute Gasteiger partial charge is 0.507 e. The molecule has 0 radical (unpaired) electrons. The molecular weight excluding hydrogens is 542 g/mol. The first kappa shape index (κ1) is 26.8. The van der Waals surface area contributed by atoms with Crippen molar-refractivity contribution in [3.05, 3.63) is 67.3 Å². The van der Waals surface area contributed by atoms with E-state index in [9.17, 15) is 24.9 Å². The maximum atomic E-state index is 13.4. The number of nitrogens with zero attached hydrogens (tertiary/aromatic N) is 1. The Kier molecular flexibility index (Phi) is 8.50. The van der Waals surface area contributed by atoms with Crippen LogP contribution in [0.2, 0.25) is 0 Å². The molecule has 2 heterocycles. The van der Waals surface area contributed by atoms with Gasteiger partial charge in [0, 0.05) is 20.8 Å². The van der Waals surface area contributed by atoms with Gasteiger partial charge in [-0.25, -0.2) is 0 Å². The molecule has 3 N–H and O–H groups in total. The van der Waals surface area contributed by atoms with E-state index in [1.54, 1.807) is 12.1 Å². The van der Waals surface area contributed by atoms with Gasteiger partial charge in [-0.2, -0.15) is 0 Å². The molecule has 1 saturated heterocycles. The van der Waals surface area contributed by atoms with Gasteiger partial charge in [-0.1, -0.05) is 46.1 Å². The number of aliphatic hydroxyl groups excluding tert-OH is 2. The monoisotopic (exact) mass is 573 g/mol. The molecule has 0 saturated carbocycles. The van der Waals surface area contributed by atoms with Gasteiger partial charge in [-0.05, 0) is 67.8 Å². The van der Waals surface area contributed by atoms with E-state index >= 15 is 0 Å². The fraction of sp³-hybridized carbons (Fsp3) is 0.429. The number of imide groups is 1. The fourth-order valence-corrected chi connectivity index (χ4v) is 6.65. The Labute approximate surface area is 224 Å². The number of benzene rings is 1. The van der Waals surface area contributed by atoms with E-state index in [4.69, 9.17) is 0 Å². The Morgan fingerprint density at radius 2 is 2.06 bits per heavy atom. The van der Waals surface area contributed by atoms with Gasteiger partial charge in [0.05, 0.1) is 31.1 Å². The number of carbonyl (C=O) groups is 2. The third-order valence-electron chi connectivity index (χ3n) is 7.36. The highest BCUT2D eigenvalue weighted by atomic mass is 79.9. The molecule has 2 amide bonds. The molecule has 36 heavy (non-hydrogen) atoms. The summed E-state index contributed by atoms with van der Waals surface area (Å²) < 4.78 is 0.864. The second-order valence-electron chi connectivity index (χ2n) is 9.63.